The number of benzene rings is 4. The Morgan fingerprint density at radius 1 is 0.268 bits per heavy atom. The highest BCUT2D eigenvalue weighted by atomic mass is 19.1. The predicted molar refractivity (Wildman–Crippen MR) is 508 cm³/mol. The number of likely N-dealkylation sites (N-methyl/N-ethyl adjacent to an activating group) is 7. The zero-order chi connectivity index (χ0) is 91.7. The van der Waals surface area contributed by atoms with Crippen LogP contribution in [0.1, 0.15) is 213 Å². The van der Waals surface area contributed by atoms with Crippen LogP contribution in [0, 0.1) is 60.1 Å². The SMILES string of the molecule is Cc1ccc(N(C)C(=O)CNC2CCC2)cc1F.Cc1ccc(N(C)C(=O)CNC2CCCC2)cc1.Cc1ccc(N(C)C(=O)CNC2CCCC2)cc1F.Cc1ccc(N(C)C(=O)CNC2CCCC2)cn1.Cc1ccc(N(C)C(=O)CNC2CCCCC2)cc1.Cc1cnc(N(C)C(=O)CNC2CCCC2)cn1.Cc1ncc(N(C)C(=O)CNC2CCC2)cn1. The predicted octanol–water partition coefficient (Wildman–Crippen LogP) is 14.3. The van der Waals surface area contributed by atoms with Gasteiger partial charge in [0.15, 0.2) is 5.82 Å². The fourth-order valence-corrected chi connectivity index (χ4v) is 15.4. The molecule has 7 aromatic rings. The van der Waals surface area contributed by atoms with Crippen molar-refractivity contribution in [1.82, 2.24) is 62.1 Å². The van der Waals surface area contributed by atoms with Crippen LogP contribution in [0.4, 0.5) is 48.7 Å². The molecule has 0 saturated heterocycles. The van der Waals surface area contributed by atoms with Crippen molar-refractivity contribution >= 4 is 81.3 Å². The van der Waals surface area contributed by atoms with Crippen LogP contribution in [-0.4, -0.2) is 204 Å². The molecular weight excluding hydrogens is 1610 g/mol. The van der Waals surface area contributed by atoms with E-state index in [0.29, 0.717) is 122 Å². The van der Waals surface area contributed by atoms with Crippen molar-refractivity contribution in [3.8, 4) is 0 Å². The first-order chi connectivity index (χ1) is 61.0. The molecule has 26 nitrogen and oxygen atoms in total. The molecule has 0 unspecified atom stereocenters. The maximum Gasteiger partial charge on any atom is 0.241 e. The van der Waals surface area contributed by atoms with Crippen LogP contribution in [0.2, 0.25) is 0 Å². The number of carbonyl (C=O) groups excluding carboxylic acids is 7. The molecule has 127 heavy (non-hydrogen) atoms. The maximum absolute atomic E-state index is 13.5. The number of aromatic nitrogens is 5. The molecule has 0 aliphatic heterocycles. The molecule has 3 heterocycles. The zero-order valence-corrected chi connectivity index (χ0v) is 78.2. The van der Waals surface area contributed by atoms with Crippen molar-refractivity contribution in [2.75, 3.05) is 129 Å². The van der Waals surface area contributed by atoms with Crippen LogP contribution in [0.15, 0.2) is 128 Å². The van der Waals surface area contributed by atoms with Gasteiger partial charge in [-0.25, -0.2) is 23.7 Å². The highest BCUT2D eigenvalue weighted by Gasteiger charge is 2.26. The highest BCUT2D eigenvalue weighted by molar-refractivity contribution is 5.97. The van der Waals surface area contributed by atoms with E-state index in [1.165, 1.54) is 181 Å². The molecule has 3 aromatic heterocycles. The number of hydrogen-bond acceptors (Lipinski definition) is 19. The fraction of sp³-hybridized carbons (Fsp3) is 0.556. The van der Waals surface area contributed by atoms with E-state index in [1.54, 1.807) is 129 Å². The topological polar surface area (TPSA) is 291 Å². The van der Waals surface area contributed by atoms with Gasteiger partial charge in [-0.1, -0.05) is 131 Å². The van der Waals surface area contributed by atoms with Gasteiger partial charge in [-0.15, -0.1) is 0 Å². The lowest BCUT2D eigenvalue weighted by Gasteiger charge is -2.27. The normalized spacial score (nSPS) is 15.8. The third kappa shape index (κ3) is 35.9. The zero-order valence-electron chi connectivity index (χ0n) is 78.2. The summed E-state index contributed by atoms with van der Waals surface area (Å²) >= 11 is 0. The van der Waals surface area contributed by atoms with E-state index < -0.39 is 0 Å². The molecule has 0 spiro atoms. The number of amides is 7. The molecule has 7 N–H and O–H groups in total. The van der Waals surface area contributed by atoms with Crippen molar-refractivity contribution in [3.05, 3.63) is 179 Å². The molecule has 0 bridgehead atoms. The van der Waals surface area contributed by atoms with Gasteiger partial charge in [-0.2, -0.15) is 0 Å². The van der Waals surface area contributed by atoms with Gasteiger partial charge < -0.3 is 66.6 Å². The molecular formula is C99H145F2N19O7. The number of aryl methyl sites for hydroxylation is 7. The van der Waals surface area contributed by atoms with Crippen molar-refractivity contribution in [2.45, 2.75) is 264 Å². The number of rotatable bonds is 28. The van der Waals surface area contributed by atoms with Crippen LogP contribution < -0.4 is 71.5 Å². The highest BCUT2D eigenvalue weighted by Crippen LogP contribution is 2.26. The molecule has 14 rings (SSSR count). The van der Waals surface area contributed by atoms with Gasteiger partial charge in [0.05, 0.1) is 93.9 Å². The van der Waals surface area contributed by atoms with Gasteiger partial charge in [-0.3, -0.25) is 48.4 Å². The molecule has 7 aliphatic rings. The van der Waals surface area contributed by atoms with Crippen molar-refractivity contribution in [2.24, 2.45) is 0 Å². The Balaban J connectivity index is 0.000000183. The van der Waals surface area contributed by atoms with Gasteiger partial charge in [0.2, 0.25) is 41.4 Å². The fourth-order valence-electron chi connectivity index (χ4n) is 15.4. The Morgan fingerprint density at radius 3 is 0.795 bits per heavy atom. The average molecular weight is 1750 g/mol. The Morgan fingerprint density at radius 2 is 0.520 bits per heavy atom. The summed E-state index contributed by atoms with van der Waals surface area (Å²) in [5, 5.41) is 23.1. The Labute approximate surface area is 754 Å². The van der Waals surface area contributed by atoms with E-state index in [0.717, 1.165) is 59.8 Å². The van der Waals surface area contributed by atoms with Gasteiger partial charge in [0, 0.05) is 120 Å². The molecule has 0 radical (unpaired) electrons. The second-order valence-electron chi connectivity index (χ2n) is 35.1. The number of pyridine rings is 1. The van der Waals surface area contributed by atoms with Crippen LogP contribution in [-0.2, 0) is 33.6 Å². The molecule has 7 saturated carbocycles. The molecule has 0 atom stereocenters. The van der Waals surface area contributed by atoms with Crippen LogP contribution in [0.25, 0.3) is 0 Å². The third-order valence-electron chi connectivity index (χ3n) is 25.1. The average Bonchev–Trinajstić information content (AvgIpc) is 1.18. The largest absolute Gasteiger partial charge is 0.314 e. The lowest BCUT2D eigenvalue weighted by Crippen LogP contribution is -2.42. The molecule has 7 amide bonds. The Kier molecular flexibility index (Phi) is 43.9. The first-order valence-electron chi connectivity index (χ1n) is 46.1. The lowest BCUT2D eigenvalue weighted by molar-refractivity contribution is -0.118. The van der Waals surface area contributed by atoms with Crippen molar-refractivity contribution in [3.63, 3.8) is 0 Å². The van der Waals surface area contributed by atoms with E-state index in [4.69, 9.17) is 0 Å². The smallest absolute Gasteiger partial charge is 0.241 e. The lowest BCUT2D eigenvalue weighted by atomic mass is 9.93. The molecule has 4 aromatic carbocycles. The van der Waals surface area contributed by atoms with E-state index >= 15 is 0 Å². The number of hydrogen-bond donors (Lipinski definition) is 7. The van der Waals surface area contributed by atoms with Gasteiger partial charge >= 0.3 is 0 Å². The number of nitrogens with zero attached hydrogens (tertiary/aromatic N) is 12. The standard InChI is InChI=1S/C16H24N2O.C15H21FN2O.C15H22N2O.C14H19FN2O.C14H21N3O.C13H20N4O.C12H18N4O/c1-13-8-10-15(11-9-13)18(2)16(19)12-17-14-6-4-3-5-7-14;1-11-7-8-13(9-14(11)16)18(2)15(19)10-17-12-5-3-4-6-12;1-12-7-9-14(10-8-12)17(2)15(18)11-16-13-5-3-4-6-13;1-10-6-7-12(8-13(10)15)17(2)14(18)9-16-11-4-3-5-11;1-11-7-8-13(9-15-11)17(2)14(18)10-16-12-5-3-4-6-12;1-10-7-16-12(8-14-10)17(2)13(18)9-15-11-5-3-4-6-11;1-9-13-6-11(7-14-9)16(2)12(17)8-15-10-4-3-5-10/h8-11,14,17H,3-7,12H2,1-2H3;7-9,12,17H,3-6,10H2,1-2H3;7-10,13,16H,3-6,11H2,1-2H3;6-8,11,16H,3-5,9H2,1-2H3;7-9,12,16H,3-6,10H2,1-2H3;7-8,11,15H,3-6,9H2,1-2H3;6-7,10,15H,3-5,8H2,1-2H3. The third-order valence-corrected chi connectivity index (χ3v) is 25.1. The van der Waals surface area contributed by atoms with Gasteiger partial charge in [0.1, 0.15) is 17.5 Å². The van der Waals surface area contributed by atoms with E-state index in [9.17, 15) is 42.3 Å². The second-order valence-corrected chi connectivity index (χ2v) is 35.1. The minimum Gasteiger partial charge on any atom is -0.314 e. The summed E-state index contributed by atoms with van der Waals surface area (Å²) < 4.78 is 26.9. The van der Waals surface area contributed by atoms with Crippen molar-refractivity contribution in [1.29, 1.82) is 0 Å². The second kappa shape index (κ2) is 54.4. The number of halogens is 2. The minimum atomic E-state index is -0.279. The summed E-state index contributed by atoms with van der Waals surface area (Å²) in [7, 11) is 12.3. The van der Waals surface area contributed by atoms with E-state index in [2.05, 4.69) is 69.1 Å². The van der Waals surface area contributed by atoms with Crippen molar-refractivity contribution < 1.29 is 42.3 Å². The summed E-state index contributed by atoms with van der Waals surface area (Å²) in [6.07, 6.45) is 41.5. The first-order valence-corrected chi connectivity index (χ1v) is 46.1. The number of anilines is 7. The van der Waals surface area contributed by atoms with E-state index in [-0.39, 0.29) is 53.0 Å². The maximum atomic E-state index is 13.5. The molecule has 7 aliphatic carbocycles. The Hall–Kier alpha value is -9.94. The summed E-state index contributed by atoms with van der Waals surface area (Å²) in [4.78, 5) is 116. The summed E-state index contributed by atoms with van der Waals surface area (Å²) in [6.45, 7) is 15.8. The van der Waals surface area contributed by atoms with Crippen LogP contribution in [0.3, 0.4) is 0 Å². The van der Waals surface area contributed by atoms with Crippen LogP contribution in [0.5, 0.6) is 0 Å². The summed E-state index contributed by atoms with van der Waals surface area (Å²) in [6, 6.07) is 33.2. The van der Waals surface area contributed by atoms with Gasteiger partial charge in [0.25, 0.3) is 0 Å². The monoisotopic (exact) mass is 1750 g/mol. The van der Waals surface area contributed by atoms with Crippen LogP contribution >= 0.6 is 0 Å². The minimum absolute atomic E-state index is 0.0278. The quantitative estimate of drug-likeness (QED) is 0.0240. The first kappa shape index (κ1) is 102. The van der Waals surface area contributed by atoms with E-state index in [1.807, 2.05) is 102 Å². The summed E-state index contributed by atoms with van der Waals surface area (Å²) in [5.74, 6) is 1.11. The van der Waals surface area contributed by atoms with Gasteiger partial charge in [-0.05, 0) is 210 Å². The summed E-state index contributed by atoms with van der Waals surface area (Å²) in [5.41, 5.74) is 10.1. The Bertz CT molecular complexity index is 4290. The molecule has 28 heteroatoms. The molecule has 692 valence electrons. The number of carbonyl (C=O) groups is 7. The molecule has 7 fully saturated rings. The number of nitrogens with one attached hydrogen (secondary N) is 7.